The van der Waals surface area contributed by atoms with Crippen LogP contribution in [0.3, 0.4) is 0 Å². The standard InChI is InChI=1S/C30H52OP2/c1-25(2)13-8-14-26(3)15-9-16-27(4)17-10-18-28(5)19-11-20-29(6)21-12-22-30(7)23-24-31-33-32/h13,15,17,19,21,23,33H,8-12,14,16,18,20,22,24,32H2,1-7H3/b26-15+,27-17+,28-19+,29-21-,30-23-. The maximum absolute atomic E-state index is 5.38. The summed E-state index contributed by atoms with van der Waals surface area (Å²) in [6, 6.07) is 0. The van der Waals surface area contributed by atoms with Gasteiger partial charge in [-0.2, -0.15) is 0 Å². The molecule has 2 unspecified atom stereocenters. The minimum Gasteiger partial charge on any atom is -0.354 e. The maximum Gasteiger partial charge on any atom is 0.0693 e. The van der Waals surface area contributed by atoms with E-state index in [4.69, 9.17) is 4.52 Å². The Morgan fingerprint density at radius 3 is 1.12 bits per heavy atom. The van der Waals surface area contributed by atoms with Crippen LogP contribution >= 0.6 is 17.4 Å². The quantitative estimate of drug-likeness (QED) is 0.105. The summed E-state index contributed by atoms with van der Waals surface area (Å²) in [6.45, 7) is 16.4. The van der Waals surface area contributed by atoms with Crippen LogP contribution < -0.4 is 0 Å². The van der Waals surface area contributed by atoms with E-state index >= 15 is 0 Å². The highest BCUT2D eigenvalue weighted by Crippen LogP contribution is 2.21. The first-order valence-corrected chi connectivity index (χ1v) is 15.4. The lowest BCUT2D eigenvalue weighted by Crippen LogP contribution is -1.84. The van der Waals surface area contributed by atoms with Crippen LogP contribution in [0.1, 0.15) is 113 Å². The molecule has 2 atom stereocenters. The van der Waals surface area contributed by atoms with E-state index in [1.807, 2.05) is 0 Å². The molecule has 1 nitrogen and oxygen atoms in total. The molecule has 0 fully saturated rings. The largest absolute Gasteiger partial charge is 0.354 e. The number of allylic oxidation sites excluding steroid dienone is 11. The zero-order valence-electron chi connectivity index (χ0n) is 22.7. The van der Waals surface area contributed by atoms with Crippen LogP contribution in [-0.2, 0) is 4.52 Å². The topological polar surface area (TPSA) is 9.23 Å². The molecule has 0 amide bonds. The van der Waals surface area contributed by atoms with E-state index in [2.05, 4.69) is 93.9 Å². The predicted molar refractivity (Wildman–Crippen MR) is 158 cm³/mol. The van der Waals surface area contributed by atoms with Crippen LogP contribution in [0, 0.1) is 0 Å². The van der Waals surface area contributed by atoms with Gasteiger partial charge in [-0.25, -0.2) is 0 Å². The van der Waals surface area contributed by atoms with Gasteiger partial charge in [-0.3, -0.25) is 0 Å². The van der Waals surface area contributed by atoms with Gasteiger partial charge in [-0.1, -0.05) is 78.8 Å². The Bertz CT molecular complexity index is 701. The molecule has 188 valence electrons. The Hall–Kier alpha value is -0.740. The Morgan fingerprint density at radius 1 is 0.515 bits per heavy atom. The monoisotopic (exact) mass is 490 g/mol. The highest BCUT2D eigenvalue weighted by molar-refractivity contribution is 8.00. The number of hydrogen-bond acceptors (Lipinski definition) is 1. The summed E-state index contributed by atoms with van der Waals surface area (Å²) >= 11 is 0. The van der Waals surface area contributed by atoms with Crippen molar-refractivity contribution in [3.8, 4) is 0 Å². The smallest absolute Gasteiger partial charge is 0.0693 e. The second-order valence-corrected chi connectivity index (χ2v) is 10.9. The molecule has 0 aromatic heterocycles. The van der Waals surface area contributed by atoms with E-state index in [1.165, 1.54) is 78.4 Å². The molecule has 0 radical (unpaired) electrons. The minimum absolute atomic E-state index is 0.497. The van der Waals surface area contributed by atoms with Crippen molar-refractivity contribution in [2.24, 2.45) is 0 Å². The fourth-order valence-electron chi connectivity index (χ4n) is 3.52. The van der Waals surface area contributed by atoms with Crippen LogP contribution in [0.25, 0.3) is 0 Å². The first kappa shape index (κ1) is 32.3. The van der Waals surface area contributed by atoms with Crippen molar-refractivity contribution in [3.63, 3.8) is 0 Å². The summed E-state index contributed by atoms with van der Waals surface area (Å²) in [5.74, 6) is 0. The number of rotatable bonds is 18. The molecular weight excluding hydrogens is 438 g/mol. The van der Waals surface area contributed by atoms with Crippen molar-refractivity contribution in [1.82, 2.24) is 0 Å². The van der Waals surface area contributed by atoms with E-state index in [1.54, 1.807) is 0 Å². The molecule has 0 spiro atoms. The van der Waals surface area contributed by atoms with Crippen molar-refractivity contribution in [2.75, 3.05) is 6.61 Å². The van der Waals surface area contributed by atoms with Crippen molar-refractivity contribution >= 4 is 17.4 Å². The molecule has 0 aliphatic carbocycles. The van der Waals surface area contributed by atoms with E-state index in [0.717, 1.165) is 25.9 Å². The van der Waals surface area contributed by atoms with Gasteiger partial charge in [-0.05, 0) is 113 Å². The fraction of sp³-hybridized carbons (Fsp3) is 0.600. The highest BCUT2D eigenvalue weighted by Gasteiger charge is 1.95. The molecule has 0 saturated heterocycles. The lowest BCUT2D eigenvalue weighted by molar-refractivity contribution is 0.422. The van der Waals surface area contributed by atoms with Crippen molar-refractivity contribution in [2.45, 2.75) is 113 Å². The Kier molecular flexibility index (Phi) is 21.3. The van der Waals surface area contributed by atoms with Crippen molar-refractivity contribution in [1.29, 1.82) is 0 Å². The summed E-state index contributed by atoms with van der Waals surface area (Å²) < 4.78 is 5.38. The second-order valence-electron chi connectivity index (χ2n) is 9.66. The molecule has 0 bridgehead atoms. The van der Waals surface area contributed by atoms with Gasteiger partial charge in [0, 0.05) is 8.50 Å². The zero-order chi connectivity index (χ0) is 24.9. The Balaban J connectivity index is 4.09. The van der Waals surface area contributed by atoms with Gasteiger partial charge in [-0.15, -0.1) is 0 Å². The van der Waals surface area contributed by atoms with E-state index in [9.17, 15) is 0 Å². The van der Waals surface area contributed by atoms with Crippen LogP contribution in [0.15, 0.2) is 69.9 Å². The molecule has 0 rings (SSSR count). The molecule has 0 heterocycles. The summed E-state index contributed by atoms with van der Waals surface area (Å²) in [6.07, 6.45) is 25.9. The van der Waals surface area contributed by atoms with Gasteiger partial charge in [0.05, 0.1) is 6.61 Å². The average molecular weight is 491 g/mol. The lowest BCUT2D eigenvalue weighted by Gasteiger charge is -2.04. The fourth-order valence-corrected chi connectivity index (χ4v) is 3.98. The van der Waals surface area contributed by atoms with Gasteiger partial charge >= 0.3 is 0 Å². The molecule has 0 aliphatic heterocycles. The van der Waals surface area contributed by atoms with Gasteiger partial charge < -0.3 is 4.52 Å². The molecular formula is C30H52OP2. The predicted octanol–water partition coefficient (Wildman–Crippen LogP) is 11.0. The highest BCUT2D eigenvalue weighted by atomic mass is 32.0. The summed E-state index contributed by atoms with van der Waals surface area (Å²) in [5.41, 5.74) is 8.93. The van der Waals surface area contributed by atoms with E-state index in [-0.39, 0.29) is 0 Å². The lowest BCUT2D eigenvalue weighted by atomic mass is 10.0. The normalized spacial score (nSPS) is 14.5. The van der Waals surface area contributed by atoms with Crippen LogP contribution in [0.4, 0.5) is 0 Å². The zero-order valence-corrected chi connectivity index (χ0v) is 24.9. The Labute approximate surface area is 211 Å². The summed E-state index contributed by atoms with van der Waals surface area (Å²) in [7, 11) is 3.11. The summed E-state index contributed by atoms with van der Waals surface area (Å²) in [4.78, 5) is 0. The molecule has 0 aromatic carbocycles. The van der Waals surface area contributed by atoms with Gasteiger partial charge in [0.15, 0.2) is 0 Å². The Morgan fingerprint density at radius 2 is 0.818 bits per heavy atom. The maximum atomic E-state index is 5.38. The van der Waals surface area contributed by atoms with E-state index < -0.39 is 0 Å². The first-order valence-electron chi connectivity index (χ1n) is 12.7. The third kappa shape index (κ3) is 22.8. The third-order valence-corrected chi connectivity index (χ3v) is 6.65. The van der Waals surface area contributed by atoms with Crippen LogP contribution in [0.2, 0.25) is 0 Å². The van der Waals surface area contributed by atoms with Gasteiger partial charge in [0.2, 0.25) is 0 Å². The molecule has 3 heteroatoms. The second kappa shape index (κ2) is 21.8. The molecule has 0 aromatic rings. The molecule has 0 saturated carbocycles. The minimum atomic E-state index is 0.497. The molecule has 33 heavy (non-hydrogen) atoms. The summed E-state index contributed by atoms with van der Waals surface area (Å²) in [5, 5.41) is 0. The van der Waals surface area contributed by atoms with Crippen LogP contribution in [-0.4, -0.2) is 6.61 Å². The van der Waals surface area contributed by atoms with Gasteiger partial charge in [0.1, 0.15) is 0 Å². The van der Waals surface area contributed by atoms with Gasteiger partial charge in [0.25, 0.3) is 0 Å². The molecule has 0 aliphatic rings. The van der Waals surface area contributed by atoms with E-state index in [0.29, 0.717) is 8.50 Å². The first-order chi connectivity index (χ1) is 15.7. The third-order valence-electron chi connectivity index (χ3n) is 5.82. The average Bonchev–Trinajstić information content (AvgIpc) is 2.73. The van der Waals surface area contributed by atoms with Crippen molar-refractivity contribution < 1.29 is 4.52 Å². The number of hydrogen-bond donors (Lipinski definition) is 0. The van der Waals surface area contributed by atoms with Crippen molar-refractivity contribution in [3.05, 3.63) is 69.9 Å². The SMILES string of the molecule is CC(C)=CCC/C(C)=C/CC/C(C)=C/CC/C(C)=C/CC/C(C)=C\CC/C(C)=C\COPP. The molecule has 0 N–H and O–H groups in total. The van der Waals surface area contributed by atoms with Crippen LogP contribution in [0.5, 0.6) is 0 Å².